The number of hydrogen-bond donors (Lipinski definition) is 2. The molecule has 11 heteroatoms. The van der Waals surface area contributed by atoms with Crippen molar-refractivity contribution in [2.75, 3.05) is 26.2 Å². The fourth-order valence-electron chi connectivity index (χ4n) is 3.00. The fourth-order valence-corrected chi connectivity index (χ4v) is 4.33. The van der Waals surface area contributed by atoms with Gasteiger partial charge in [0.05, 0.1) is 12.2 Å². The van der Waals surface area contributed by atoms with Crippen LogP contribution in [-0.4, -0.2) is 79.1 Å². The molecular formula is C20H29N3O7S. The summed E-state index contributed by atoms with van der Waals surface area (Å²) in [5.74, 6) is -2.32. The standard InChI is InChI=1S/C20H29N3O7S/c1-20(2,3)30-19(27)23-11-9-22(10-12-23)17(24)13-16(18(25)26)21-31(28,29)14-15-7-5-4-6-8-15/h4-8,16,21H,9-14H2,1-3H3,(H,25,26)/t16-/m1/s1. The number of carboxylic acid groups (broad SMARTS) is 1. The molecular weight excluding hydrogens is 426 g/mol. The van der Waals surface area contributed by atoms with Gasteiger partial charge in [-0.25, -0.2) is 17.9 Å². The minimum atomic E-state index is -3.96. The van der Waals surface area contributed by atoms with E-state index < -0.39 is 46.1 Å². The Kier molecular flexibility index (Phi) is 8.02. The second kappa shape index (κ2) is 10.1. The van der Waals surface area contributed by atoms with Gasteiger partial charge in [-0.05, 0) is 26.3 Å². The van der Waals surface area contributed by atoms with Gasteiger partial charge >= 0.3 is 12.1 Å². The Hall–Kier alpha value is -2.66. The molecule has 0 unspecified atom stereocenters. The highest BCUT2D eigenvalue weighted by Crippen LogP contribution is 2.13. The van der Waals surface area contributed by atoms with E-state index in [-0.39, 0.29) is 31.9 Å². The van der Waals surface area contributed by atoms with Crippen LogP contribution in [0.5, 0.6) is 0 Å². The van der Waals surface area contributed by atoms with E-state index >= 15 is 0 Å². The molecule has 0 aliphatic carbocycles. The molecule has 1 heterocycles. The Morgan fingerprint density at radius 3 is 2.13 bits per heavy atom. The fraction of sp³-hybridized carbons (Fsp3) is 0.550. The number of sulfonamides is 1. The Labute approximate surface area is 182 Å². The topological polar surface area (TPSA) is 133 Å². The summed E-state index contributed by atoms with van der Waals surface area (Å²) in [5.41, 5.74) is -0.126. The monoisotopic (exact) mass is 455 g/mol. The first-order valence-electron chi connectivity index (χ1n) is 9.89. The zero-order valence-electron chi connectivity index (χ0n) is 17.9. The highest BCUT2D eigenvalue weighted by Gasteiger charge is 2.31. The molecule has 172 valence electrons. The summed E-state index contributed by atoms with van der Waals surface area (Å²) < 4.78 is 32.1. The molecule has 2 amide bonds. The number of carbonyl (C=O) groups excluding carboxylic acids is 2. The van der Waals surface area contributed by atoms with Crippen molar-refractivity contribution in [2.24, 2.45) is 0 Å². The highest BCUT2D eigenvalue weighted by molar-refractivity contribution is 7.88. The van der Waals surface area contributed by atoms with Crippen molar-refractivity contribution in [1.29, 1.82) is 0 Å². The third-order valence-corrected chi connectivity index (χ3v) is 5.84. The molecule has 1 aliphatic rings. The maximum absolute atomic E-state index is 12.6. The van der Waals surface area contributed by atoms with Crippen LogP contribution in [0.15, 0.2) is 30.3 Å². The van der Waals surface area contributed by atoms with Crippen molar-refractivity contribution in [3.63, 3.8) is 0 Å². The predicted molar refractivity (Wildman–Crippen MR) is 113 cm³/mol. The van der Waals surface area contributed by atoms with Gasteiger partial charge in [-0.3, -0.25) is 9.59 Å². The van der Waals surface area contributed by atoms with E-state index in [2.05, 4.69) is 4.72 Å². The number of rotatable bonds is 7. The summed E-state index contributed by atoms with van der Waals surface area (Å²) in [6.45, 7) is 6.19. The first-order chi connectivity index (χ1) is 14.4. The lowest BCUT2D eigenvalue weighted by molar-refractivity contribution is -0.143. The van der Waals surface area contributed by atoms with Gasteiger partial charge in [-0.2, -0.15) is 0 Å². The number of aliphatic carboxylic acids is 1. The molecule has 31 heavy (non-hydrogen) atoms. The lowest BCUT2D eigenvalue weighted by atomic mass is 10.2. The van der Waals surface area contributed by atoms with E-state index in [4.69, 9.17) is 4.74 Å². The second-order valence-electron chi connectivity index (χ2n) is 8.31. The van der Waals surface area contributed by atoms with Gasteiger partial charge < -0.3 is 19.6 Å². The molecule has 0 bridgehead atoms. The molecule has 2 N–H and O–H groups in total. The quantitative estimate of drug-likeness (QED) is 0.627. The van der Waals surface area contributed by atoms with Crippen molar-refractivity contribution >= 4 is 28.0 Å². The van der Waals surface area contributed by atoms with Gasteiger partial charge in [-0.15, -0.1) is 0 Å². The van der Waals surface area contributed by atoms with Crippen LogP contribution in [0.3, 0.4) is 0 Å². The number of nitrogens with one attached hydrogen (secondary N) is 1. The number of carboxylic acids is 1. The number of amides is 2. The number of hydrogen-bond acceptors (Lipinski definition) is 6. The van der Waals surface area contributed by atoms with E-state index in [1.807, 2.05) is 0 Å². The van der Waals surface area contributed by atoms with Crippen molar-refractivity contribution in [3.8, 4) is 0 Å². The van der Waals surface area contributed by atoms with Crippen molar-refractivity contribution in [3.05, 3.63) is 35.9 Å². The minimum Gasteiger partial charge on any atom is -0.480 e. The molecule has 1 aliphatic heterocycles. The number of piperazine rings is 1. The third kappa shape index (κ3) is 8.18. The van der Waals surface area contributed by atoms with Crippen molar-refractivity contribution < 1.29 is 32.6 Å². The van der Waals surface area contributed by atoms with Crippen molar-refractivity contribution in [1.82, 2.24) is 14.5 Å². The zero-order chi connectivity index (χ0) is 23.2. The van der Waals surface area contributed by atoms with E-state index in [1.165, 1.54) is 9.80 Å². The first kappa shape index (κ1) is 24.6. The molecule has 0 radical (unpaired) electrons. The highest BCUT2D eigenvalue weighted by atomic mass is 32.2. The van der Waals surface area contributed by atoms with Crippen LogP contribution in [0, 0.1) is 0 Å². The van der Waals surface area contributed by atoms with Gasteiger partial charge in [0.15, 0.2) is 0 Å². The molecule has 1 fully saturated rings. The normalized spacial score (nSPS) is 16.0. The predicted octanol–water partition coefficient (Wildman–Crippen LogP) is 1.03. The van der Waals surface area contributed by atoms with Gasteiger partial charge in [0.25, 0.3) is 0 Å². The van der Waals surface area contributed by atoms with Crippen LogP contribution in [0.25, 0.3) is 0 Å². The summed E-state index contributed by atoms with van der Waals surface area (Å²) in [5, 5.41) is 9.41. The maximum atomic E-state index is 12.6. The summed E-state index contributed by atoms with van der Waals surface area (Å²) >= 11 is 0. The van der Waals surface area contributed by atoms with Crippen LogP contribution >= 0.6 is 0 Å². The lowest BCUT2D eigenvalue weighted by Crippen LogP contribution is -2.53. The Morgan fingerprint density at radius 1 is 1.06 bits per heavy atom. The summed E-state index contributed by atoms with van der Waals surface area (Å²) in [7, 11) is -3.96. The molecule has 1 atom stereocenters. The smallest absolute Gasteiger partial charge is 0.410 e. The molecule has 0 saturated carbocycles. The molecule has 0 spiro atoms. The summed E-state index contributed by atoms with van der Waals surface area (Å²) in [4.78, 5) is 39.1. The van der Waals surface area contributed by atoms with Gasteiger partial charge in [-0.1, -0.05) is 30.3 Å². The SMILES string of the molecule is CC(C)(C)OC(=O)N1CCN(C(=O)C[C@@H](NS(=O)(=O)Cc2ccccc2)C(=O)O)CC1. The maximum Gasteiger partial charge on any atom is 0.410 e. The summed E-state index contributed by atoms with van der Waals surface area (Å²) in [6, 6.07) is 6.75. The molecule has 10 nitrogen and oxygen atoms in total. The van der Waals surface area contributed by atoms with Crippen LogP contribution < -0.4 is 4.72 Å². The lowest BCUT2D eigenvalue weighted by Gasteiger charge is -2.36. The number of carbonyl (C=O) groups is 3. The zero-order valence-corrected chi connectivity index (χ0v) is 18.7. The van der Waals surface area contributed by atoms with E-state index in [9.17, 15) is 27.9 Å². The second-order valence-corrected chi connectivity index (χ2v) is 10.1. The largest absolute Gasteiger partial charge is 0.480 e. The summed E-state index contributed by atoms with van der Waals surface area (Å²) in [6.07, 6.45) is -0.993. The average Bonchev–Trinajstić information content (AvgIpc) is 2.66. The average molecular weight is 456 g/mol. The number of ether oxygens (including phenoxy) is 1. The van der Waals surface area contributed by atoms with Crippen LogP contribution in [0.4, 0.5) is 4.79 Å². The molecule has 0 aromatic heterocycles. The third-order valence-electron chi connectivity index (χ3n) is 4.48. The molecule has 1 saturated heterocycles. The van der Waals surface area contributed by atoms with Gasteiger partial charge in [0.2, 0.25) is 15.9 Å². The van der Waals surface area contributed by atoms with Crippen LogP contribution in [0.2, 0.25) is 0 Å². The Morgan fingerprint density at radius 2 is 1.61 bits per heavy atom. The van der Waals surface area contributed by atoms with Gasteiger partial charge in [0.1, 0.15) is 11.6 Å². The Bertz CT molecular complexity index is 889. The van der Waals surface area contributed by atoms with Gasteiger partial charge in [0, 0.05) is 26.2 Å². The first-order valence-corrected chi connectivity index (χ1v) is 11.5. The molecule has 1 aromatic rings. The minimum absolute atomic E-state index is 0.210. The Balaban J connectivity index is 1.91. The molecule has 1 aromatic carbocycles. The number of nitrogens with zero attached hydrogens (tertiary/aromatic N) is 2. The van der Waals surface area contributed by atoms with E-state index in [0.717, 1.165) is 0 Å². The van der Waals surface area contributed by atoms with Crippen molar-refractivity contribution in [2.45, 2.75) is 44.6 Å². The van der Waals surface area contributed by atoms with Crippen LogP contribution in [0.1, 0.15) is 32.8 Å². The van der Waals surface area contributed by atoms with E-state index in [0.29, 0.717) is 5.56 Å². The number of benzene rings is 1. The van der Waals surface area contributed by atoms with Crippen LogP contribution in [-0.2, 0) is 30.1 Å². The molecule has 2 rings (SSSR count). The van der Waals surface area contributed by atoms with E-state index in [1.54, 1.807) is 51.1 Å².